The van der Waals surface area contributed by atoms with E-state index in [1.54, 1.807) is 30.1 Å². The lowest BCUT2D eigenvalue weighted by Crippen LogP contribution is -2.38. The minimum Gasteiger partial charge on any atom is -0.351 e. The number of aromatic nitrogens is 2. The van der Waals surface area contributed by atoms with Gasteiger partial charge in [0.25, 0.3) is 0 Å². The third-order valence-electron chi connectivity index (χ3n) is 3.38. The Morgan fingerprint density at radius 2 is 2.17 bits per heavy atom. The van der Waals surface area contributed by atoms with E-state index >= 15 is 0 Å². The molecule has 0 fully saturated rings. The highest BCUT2D eigenvalue weighted by atomic mass is 127. The fourth-order valence-corrected chi connectivity index (χ4v) is 2.35. The Hall–Kier alpha value is -1.35. The minimum atomic E-state index is -0.318. The zero-order chi connectivity index (χ0) is 16.1. The summed E-state index contributed by atoms with van der Waals surface area (Å²) in [4.78, 5) is 6.03. The fourth-order valence-electron chi connectivity index (χ4n) is 2.12. The Kier molecular flexibility index (Phi) is 7.77. The molecule has 0 amide bonds. The molecule has 8 heteroatoms. The van der Waals surface area contributed by atoms with Gasteiger partial charge >= 0.3 is 0 Å². The highest BCUT2D eigenvalue weighted by Gasteiger charge is 2.13. The van der Waals surface area contributed by atoms with Gasteiger partial charge < -0.3 is 10.2 Å². The maximum Gasteiger partial charge on any atom is 0.194 e. The van der Waals surface area contributed by atoms with Crippen LogP contribution in [0, 0.1) is 5.82 Å². The first-order chi connectivity index (χ1) is 10.5. The Bertz CT molecular complexity index is 653. The Morgan fingerprint density at radius 1 is 1.43 bits per heavy atom. The predicted octanol–water partition coefficient (Wildman–Crippen LogP) is 3.04. The van der Waals surface area contributed by atoms with Gasteiger partial charge in [-0.15, -0.1) is 24.0 Å². The summed E-state index contributed by atoms with van der Waals surface area (Å²) in [5, 5.41) is 7.74. The zero-order valence-corrected chi connectivity index (χ0v) is 16.3. The minimum absolute atomic E-state index is 0. The van der Waals surface area contributed by atoms with E-state index in [0.29, 0.717) is 29.6 Å². The van der Waals surface area contributed by atoms with E-state index in [-0.39, 0.29) is 29.8 Å². The molecule has 23 heavy (non-hydrogen) atoms. The molecule has 0 atom stereocenters. The molecular weight excluding hydrogens is 432 g/mol. The molecule has 0 unspecified atom stereocenters. The van der Waals surface area contributed by atoms with E-state index in [2.05, 4.69) is 15.4 Å². The largest absolute Gasteiger partial charge is 0.351 e. The first-order valence-electron chi connectivity index (χ1n) is 6.84. The molecule has 5 nitrogen and oxygen atoms in total. The van der Waals surface area contributed by atoms with Gasteiger partial charge in [0.1, 0.15) is 5.82 Å². The molecule has 0 aliphatic rings. The number of nitrogens with one attached hydrogen (secondary N) is 1. The SMILES string of the molecule is CN=C(NCc1ccnn1C)N(C)Cc1c(F)cccc1Cl.I. The highest BCUT2D eigenvalue weighted by Crippen LogP contribution is 2.20. The van der Waals surface area contributed by atoms with E-state index in [0.717, 1.165) is 5.69 Å². The summed E-state index contributed by atoms with van der Waals surface area (Å²) >= 11 is 6.06. The van der Waals surface area contributed by atoms with Gasteiger partial charge in [-0.25, -0.2) is 4.39 Å². The van der Waals surface area contributed by atoms with E-state index in [9.17, 15) is 4.39 Å². The molecule has 2 rings (SSSR count). The predicted molar refractivity (Wildman–Crippen MR) is 102 cm³/mol. The third-order valence-corrected chi connectivity index (χ3v) is 3.73. The zero-order valence-electron chi connectivity index (χ0n) is 13.3. The molecule has 0 aliphatic carbocycles. The number of aryl methyl sites for hydroxylation is 1. The Labute approximate surface area is 157 Å². The normalized spacial score (nSPS) is 11.1. The molecule has 126 valence electrons. The molecule has 0 radical (unpaired) electrons. The summed E-state index contributed by atoms with van der Waals surface area (Å²) in [6.45, 7) is 0.912. The summed E-state index contributed by atoms with van der Waals surface area (Å²) in [6, 6.07) is 6.60. The van der Waals surface area contributed by atoms with Crippen molar-refractivity contribution >= 4 is 41.5 Å². The van der Waals surface area contributed by atoms with Crippen LogP contribution < -0.4 is 5.32 Å². The lowest BCUT2D eigenvalue weighted by atomic mass is 10.2. The average Bonchev–Trinajstić information content (AvgIpc) is 2.89. The van der Waals surface area contributed by atoms with Crippen LogP contribution >= 0.6 is 35.6 Å². The van der Waals surface area contributed by atoms with E-state index in [1.165, 1.54) is 6.07 Å². The molecule has 1 N–H and O–H groups in total. The number of hydrogen-bond donors (Lipinski definition) is 1. The van der Waals surface area contributed by atoms with E-state index < -0.39 is 0 Å². The van der Waals surface area contributed by atoms with Crippen LogP contribution in [0.25, 0.3) is 0 Å². The lowest BCUT2D eigenvalue weighted by Gasteiger charge is -2.23. The van der Waals surface area contributed by atoms with Crippen LogP contribution in [-0.4, -0.2) is 34.7 Å². The van der Waals surface area contributed by atoms with Gasteiger partial charge in [0.2, 0.25) is 0 Å². The maximum atomic E-state index is 13.9. The molecule has 0 saturated heterocycles. The fraction of sp³-hybridized carbons (Fsp3) is 0.333. The van der Waals surface area contributed by atoms with Crippen LogP contribution in [0.4, 0.5) is 4.39 Å². The van der Waals surface area contributed by atoms with Crippen molar-refractivity contribution in [2.75, 3.05) is 14.1 Å². The molecule has 0 bridgehead atoms. The summed E-state index contributed by atoms with van der Waals surface area (Å²) in [6.07, 6.45) is 1.74. The number of benzene rings is 1. The number of guanidine groups is 1. The summed E-state index contributed by atoms with van der Waals surface area (Å²) in [5.41, 5.74) is 1.48. The average molecular weight is 452 g/mol. The number of nitrogens with zero attached hydrogens (tertiary/aromatic N) is 4. The maximum absolute atomic E-state index is 13.9. The smallest absolute Gasteiger partial charge is 0.194 e. The number of rotatable bonds is 4. The van der Waals surface area contributed by atoms with Gasteiger partial charge in [0, 0.05) is 44.5 Å². The molecule has 1 aromatic heterocycles. The van der Waals surface area contributed by atoms with Crippen molar-refractivity contribution in [2.24, 2.45) is 12.0 Å². The van der Waals surface area contributed by atoms with Crippen molar-refractivity contribution in [3.05, 3.63) is 52.6 Å². The van der Waals surface area contributed by atoms with Gasteiger partial charge in [-0.1, -0.05) is 17.7 Å². The van der Waals surface area contributed by atoms with Crippen LogP contribution in [0.5, 0.6) is 0 Å². The topological polar surface area (TPSA) is 45.5 Å². The van der Waals surface area contributed by atoms with E-state index in [1.807, 2.05) is 25.1 Å². The molecular formula is C15H20ClFIN5. The summed E-state index contributed by atoms with van der Waals surface area (Å²) in [7, 11) is 5.40. The number of aliphatic imine (C=N–C) groups is 1. The third kappa shape index (κ3) is 5.07. The first kappa shape index (κ1) is 19.7. The molecule has 0 spiro atoms. The van der Waals surface area contributed by atoms with Gasteiger partial charge in [0.15, 0.2) is 5.96 Å². The van der Waals surface area contributed by atoms with Crippen LogP contribution in [-0.2, 0) is 20.1 Å². The number of halogens is 3. The van der Waals surface area contributed by atoms with Crippen LogP contribution in [0.1, 0.15) is 11.3 Å². The van der Waals surface area contributed by atoms with Crippen molar-refractivity contribution in [3.8, 4) is 0 Å². The monoisotopic (exact) mass is 451 g/mol. The molecule has 2 aromatic rings. The standard InChI is InChI=1S/C15H19ClFN5.HI/c1-18-15(19-9-11-7-8-20-22(11)3)21(2)10-12-13(16)5-4-6-14(12)17;/h4-8H,9-10H2,1-3H3,(H,18,19);1H. The van der Waals surface area contributed by atoms with E-state index in [4.69, 9.17) is 11.6 Å². The quantitative estimate of drug-likeness (QED) is 0.442. The van der Waals surface area contributed by atoms with Crippen LogP contribution in [0.15, 0.2) is 35.5 Å². The summed E-state index contributed by atoms with van der Waals surface area (Å²) < 4.78 is 15.6. The second-order valence-electron chi connectivity index (χ2n) is 4.90. The van der Waals surface area contributed by atoms with Crippen LogP contribution in [0.2, 0.25) is 5.02 Å². The van der Waals surface area contributed by atoms with Gasteiger partial charge in [-0.3, -0.25) is 9.67 Å². The highest BCUT2D eigenvalue weighted by molar-refractivity contribution is 14.0. The molecule has 0 saturated carbocycles. The second kappa shape index (κ2) is 9.07. The molecule has 1 aromatic carbocycles. The Balaban J connectivity index is 0.00000264. The van der Waals surface area contributed by atoms with Crippen molar-refractivity contribution in [2.45, 2.75) is 13.1 Å². The Morgan fingerprint density at radius 3 is 2.74 bits per heavy atom. The lowest BCUT2D eigenvalue weighted by molar-refractivity contribution is 0.459. The first-order valence-corrected chi connectivity index (χ1v) is 7.22. The second-order valence-corrected chi connectivity index (χ2v) is 5.31. The van der Waals surface area contributed by atoms with Gasteiger partial charge in [-0.2, -0.15) is 5.10 Å². The molecule has 0 aliphatic heterocycles. The van der Waals surface area contributed by atoms with Crippen molar-refractivity contribution in [1.82, 2.24) is 20.0 Å². The van der Waals surface area contributed by atoms with Crippen molar-refractivity contribution in [1.29, 1.82) is 0 Å². The van der Waals surface area contributed by atoms with Crippen molar-refractivity contribution < 1.29 is 4.39 Å². The van der Waals surface area contributed by atoms with Crippen molar-refractivity contribution in [3.63, 3.8) is 0 Å². The number of hydrogen-bond acceptors (Lipinski definition) is 2. The van der Waals surface area contributed by atoms with Gasteiger partial charge in [-0.05, 0) is 18.2 Å². The molecule has 1 heterocycles. The van der Waals surface area contributed by atoms with Gasteiger partial charge in [0.05, 0.1) is 12.2 Å². The van der Waals surface area contributed by atoms with Crippen LogP contribution in [0.3, 0.4) is 0 Å². The summed E-state index contributed by atoms with van der Waals surface area (Å²) in [5.74, 6) is 0.335.